The third-order valence-corrected chi connectivity index (χ3v) is 15.3. The second-order valence-electron chi connectivity index (χ2n) is 25.1. The van der Waals surface area contributed by atoms with Gasteiger partial charge in [-0.25, -0.2) is 47.5 Å². The monoisotopic (exact) mass is 1550 g/mol. The number of amides is 2. The molecule has 0 atom stereocenters. The molecule has 3 saturated carbocycles. The topological polar surface area (TPSA) is 373 Å². The average molecular weight is 1550 g/mol. The number of carbonyl (C=O) groups is 2. The zero-order chi connectivity index (χ0) is 77.1. The van der Waals surface area contributed by atoms with Crippen molar-refractivity contribution in [2.24, 2.45) is 35.0 Å². The van der Waals surface area contributed by atoms with Crippen molar-refractivity contribution in [3.63, 3.8) is 0 Å². The van der Waals surface area contributed by atoms with E-state index < -0.39 is 52.6 Å². The smallest absolute Gasteiger partial charge is 0.444 e. The number of aromatic nitrogens is 8. The summed E-state index contributed by atoms with van der Waals surface area (Å²) < 4.78 is 131. The summed E-state index contributed by atoms with van der Waals surface area (Å²) in [6.07, 6.45) is 5.72. The van der Waals surface area contributed by atoms with Crippen molar-refractivity contribution in [3.8, 4) is 11.5 Å². The number of para-hydroxylation sites is 2. The fraction of sp³-hybridized carbons (Fsp3) is 0.538. The number of ether oxygens (including phenoxy) is 4. The van der Waals surface area contributed by atoms with Crippen LogP contribution in [0.25, 0.3) is 0 Å². The molecule has 3 aliphatic carbocycles. The summed E-state index contributed by atoms with van der Waals surface area (Å²) >= 11 is 21.4. The van der Waals surface area contributed by atoms with Crippen molar-refractivity contribution in [3.05, 3.63) is 143 Å². The average Bonchev–Trinajstić information content (AvgIpc) is 0.870. The second kappa shape index (κ2) is 44.8. The molecule has 0 bridgehead atoms. The molecule has 38 heteroatoms. The van der Waals surface area contributed by atoms with Crippen LogP contribution in [0.3, 0.4) is 0 Å². The zero-order valence-corrected chi connectivity index (χ0v) is 60.7. The molecule has 25 nitrogen and oxygen atoms in total. The van der Waals surface area contributed by atoms with Gasteiger partial charge in [0.25, 0.3) is 5.56 Å². The normalized spacial score (nSPS) is 17.8. The van der Waals surface area contributed by atoms with Gasteiger partial charge in [-0.1, -0.05) is 59.6 Å². The van der Waals surface area contributed by atoms with Crippen LogP contribution in [0.4, 0.5) is 66.7 Å². The Morgan fingerprint density at radius 2 is 1.01 bits per heavy atom. The number of aliphatic hydroxyl groups excluding tert-OH is 1. The van der Waals surface area contributed by atoms with E-state index in [2.05, 4.69) is 70.9 Å². The van der Waals surface area contributed by atoms with Crippen LogP contribution in [0, 0.1) is 35.2 Å². The summed E-state index contributed by atoms with van der Waals surface area (Å²) in [6.45, 7) is 15.0. The van der Waals surface area contributed by atoms with Crippen molar-refractivity contribution in [2.75, 3.05) is 42.2 Å². The molecule has 0 spiro atoms. The first-order chi connectivity index (χ1) is 48.3. The number of hydrogen-bond acceptors (Lipinski definition) is 21. The molecule has 2 amide bonds. The van der Waals surface area contributed by atoms with Crippen LogP contribution < -0.4 is 64.5 Å². The highest BCUT2D eigenvalue weighted by Gasteiger charge is 2.33. The third kappa shape index (κ3) is 39.1. The Bertz CT molecular complexity index is 3620. The van der Waals surface area contributed by atoms with Crippen molar-refractivity contribution in [1.82, 2.24) is 50.5 Å². The number of alkyl carbamates (subject to hydrolysis) is 2. The minimum atomic E-state index is -4.79. The maximum Gasteiger partial charge on any atom is 0.573 e. The Labute approximate surface area is 609 Å². The highest BCUT2D eigenvalue weighted by molar-refractivity contribution is 6.31. The molecule has 3 aliphatic rings. The molecular weight excluding hydrogens is 1460 g/mol. The first-order valence-electron chi connectivity index (χ1n) is 32.4. The first-order valence-corrected chi connectivity index (χ1v) is 33.9. The number of H-pyrrole nitrogens is 2. The van der Waals surface area contributed by atoms with Gasteiger partial charge in [0.05, 0.1) is 18.6 Å². The Morgan fingerprint density at radius 1 is 0.592 bits per heavy atom. The van der Waals surface area contributed by atoms with Gasteiger partial charge in [0, 0.05) is 68.2 Å². The van der Waals surface area contributed by atoms with Crippen LogP contribution in [0.2, 0.25) is 20.7 Å². The number of hydrogen-bond donors (Lipinski definition) is 11. The number of carbonyl (C=O) groups excluding carboxylic acids is 2. The van der Waals surface area contributed by atoms with E-state index in [-0.39, 0.29) is 105 Å². The second-order valence-corrected chi connectivity index (χ2v) is 26.6. The lowest BCUT2D eigenvalue weighted by atomic mass is 9.86. The largest absolute Gasteiger partial charge is 0.573 e. The predicted octanol–water partition coefficient (Wildman–Crippen LogP) is 13.5. The molecule has 0 saturated heterocycles. The number of halogens is 13. The number of aliphatic hydroxyl groups is 1. The minimum Gasteiger partial charge on any atom is -0.444 e. The fourth-order valence-corrected chi connectivity index (χ4v) is 10.1. The van der Waals surface area contributed by atoms with E-state index in [9.17, 15) is 58.7 Å². The maximum atomic E-state index is 14.0. The summed E-state index contributed by atoms with van der Waals surface area (Å²) in [5.74, 6) is -0.619. The van der Waals surface area contributed by atoms with Crippen LogP contribution in [-0.4, -0.2) is 125 Å². The standard InChI is InChI=1S/C19H23F4N5O.C16H24ClFN4O2.C12H24N2O2.C8H8F3NO.C4HCl2FN2.C4H3ClN2O2.C2H6O/c20-15-11-27-18(28-17(15)25-9-12-5-7-14(24)8-6-12)26-10-13-3-1-2-4-16(13)29-19(21,22)23;1-16(2,3)24-15(23)21-11-6-4-10(5-7-11)8-19-13-12(18)9-20-14(17)22-13;1-12(2,3)16-11(15)14-10-6-4-9(8-13)5-7-10;9-8(10,11)13-7-4-2-1-3-6(7)5-12;5-3-2(7)1-8-4(6)9-3;5-2-1-6-4(9)7-3(2)8;1-2-3/h1-4,11-12,14H,5-10,24H2,(H2,25,26,27,28);9-11H,4-8H2,1-3H3,(H,21,23)(H,19,20,22);9-10H,4-8,13H2,1-3H3,(H,14,15);1-4H,5,12H2;1H;1H,(H2,6,7,8,9);3H,2H2,1H3. The van der Waals surface area contributed by atoms with Gasteiger partial charge in [-0.3, -0.25) is 9.78 Å². The highest BCUT2D eigenvalue weighted by atomic mass is 35.5. The van der Waals surface area contributed by atoms with Gasteiger partial charge in [0.15, 0.2) is 34.2 Å². The van der Waals surface area contributed by atoms with E-state index in [0.29, 0.717) is 36.4 Å². The van der Waals surface area contributed by atoms with Crippen LogP contribution in [0.1, 0.15) is 137 Å². The van der Waals surface area contributed by atoms with Gasteiger partial charge < -0.3 is 72.8 Å². The molecule has 574 valence electrons. The van der Waals surface area contributed by atoms with Crippen molar-refractivity contribution < 1.29 is 73.2 Å². The van der Waals surface area contributed by atoms with Crippen LogP contribution in [-0.2, 0) is 22.6 Å². The van der Waals surface area contributed by atoms with Crippen molar-refractivity contribution in [1.29, 1.82) is 0 Å². The molecule has 103 heavy (non-hydrogen) atoms. The summed E-state index contributed by atoms with van der Waals surface area (Å²) in [6, 6.07) is 12.2. The van der Waals surface area contributed by atoms with Gasteiger partial charge in [-0.15, -0.1) is 26.3 Å². The lowest BCUT2D eigenvalue weighted by Crippen LogP contribution is -2.41. The molecule has 4 heterocycles. The molecule has 6 aromatic rings. The fourth-order valence-electron chi connectivity index (χ4n) is 9.59. The minimum absolute atomic E-state index is 0.0160. The third-order valence-electron chi connectivity index (χ3n) is 14.4. The Kier molecular flexibility index (Phi) is 38.9. The molecule has 4 aromatic heterocycles. The SMILES string of the molecule is CC(C)(C)OC(=O)NC1CCC(CN)CC1.CC(C)(C)OC(=O)NC1CCC(CNc2nc(Cl)ncc2F)CC1.CCO.Fc1cnc(Cl)nc1Cl.NC1CCC(CNc2nc(NCc3ccccc3OC(F)(F)F)ncc2F)CC1.NCc1ccccc1OC(F)(F)F.O=c1[nH]cc(Cl)c(=O)[nH]1. The predicted molar refractivity (Wildman–Crippen MR) is 374 cm³/mol. The summed E-state index contributed by atoms with van der Waals surface area (Å²) in [5, 5.41) is 21.9. The molecule has 0 unspecified atom stereocenters. The Morgan fingerprint density at radius 3 is 1.44 bits per heavy atom. The molecule has 0 radical (unpaired) electrons. The van der Waals surface area contributed by atoms with Gasteiger partial charge in [0.2, 0.25) is 16.5 Å². The van der Waals surface area contributed by atoms with Gasteiger partial charge in [0.1, 0.15) is 27.7 Å². The number of nitrogens with one attached hydrogen (secondary N) is 7. The van der Waals surface area contributed by atoms with Crippen molar-refractivity contribution >= 4 is 76.2 Å². The zero-order valence-electron chi connectivity index (χ0n) is 57.7. The Hall–Kier alpha value is -7.73. The number of nitrogens with zero attached hydrogens (tertiary/aromatic N) is 6. The molecule has 9 rings (SSSR count). The lowest BCUT2D eigenvalue weighted by molar-refractivity contribution is -0.275. The van der Waals surface area contributed by atoms with Gasteiger partial charge in [-0.2, -0.15) is 9.97 Å². The van der Waals surface area contributed by atoms with E-state index in [4.69, 9.17) is 78.2 Å². The van der Waals surface area contributed by atoms with E-state index in [1.807, 2.05) is 46.5 Å². The Balaban J connectivity index is 0.000000335. The summed E-state index contributed by atoms with van der Waals surface area (Å²) in [5.41, 5.74) is 15.3. The number of alkyl halides is 6. The summed E-state index contributed by atoms with van der Waals surface area (Å²) in [7, 11) is 0. The number of nitrogens with two attached hydrogens (primary N) is 3. The molecular formula is C65H89Cl4F9N16O9. The highest BCUT2D eigenvalue weighted by Crippen LogP contribution is 2.30. The molecule has 0 aliphatic heterocycles. The van der Waals surface area contributed by atoms with E-state index >= 15 is 0 Å². The van der Waals surface area contributed by atoms with E-state index in [0.717, 1.165) is 108 Å². The van der Waals surface area contributed by atoms with E-state index in [1.165, 1.54) is 36.4 Å². The van der Waals surface area contributed by atoms with Gasteiger partial charge in [-0.05, 0) is 185 Å². The van der Waals surface area contributed by atoms with Crippen molar-refractivity contribution in [2.45, 2.75) is 181 Å². The first kappa shape index (κ1) is 89.5. The number of rotatable bonds is 15. The van der Waals surface area contributed by atoms with Crippen LogP contribution in [0.15, 0.2) is 82.9 Å². The van der Waals surface area contributed by atoms with Crippen LogP contribution in [0.5, 0.6) is 11.5 Å². The summed E-state index contributed by atoms with van der Waals surface area (Å²) in [4.78, 5) is 70.2. The molecule has 3 fully saturated rings. The maximum absolute atomic E-state index is 14.0. The molecule has 14 N–H and O–H groups in total. The number of aromatic amines is 2. The molecule has 2 aromatic carbocycles. The van der Waals surface area contributed by atoms with Crippen LogP contribution >= 0.6 is 46.4 Å². The lowest BCUT2D eigenvalue weighted by Gasteiger charge is -2.30. The number of anilines is 3. The number of benzene rings is 2. The van der Waals surface area contributed by atoms with Gasteiger partial charge >= 0.3 is 30.6 Å². The van der Waals surface area contributed by atoms with E-state index in [1.54, 1.807) is 19.1 Å². The quantitative estimate of drug-likeness (QED) is 0.0258.